The van der Waals surface area contributed by atoms with Crippen molar-refractivity contribution in [2.24, 2.45) is 0 Å². The zero-order valence-electron chi connectivity index (χ0n) is 12.6. The lowest BCUT2D eigenvalue weighted by molar-refractivity contribution is -0.127. The van der Waals surface area contributed by atoms with Crippen molar-refractivity contribution in [2.75, 3.05) is 25.1 Å². The monoisotopic (exact) mass is 290 g/mol. The average Bonchev–Trinajstić information content (AvgIpc) is 2.51. The number of hydrogen-bond donors (Lipinski definition) is 1. The number of para-hydroxylation sites is 1. The fourth-order valence-corrected chi connectivity index (χ4v) is 1.63. The molecule has 0 radical (unpaired) electrons. The van der Waals surface area contributed by atoms with Gasteiger partial charge in [-0.1, -0.05) is 25.5 Å². The zero-order chi connectivity index (χ0) is 15.5. The summed E-state index contributed by atoms with van der Waals surface area (Å²) < 4.78 is 10.8. The SMILES string of the molecule is CCCCOCCOC(C)C(=O)Nc1ccccc1C#N. The Kier molecular flexibility index (Phi) is 8.10. The third-order valence-corrected chi connectivity index (χ3v) is 2.91. The molecule has 5 heteroatoms. The van der Waals surface area contributed by atoms with Gasteiger partial charge in [-0.3, -0.25) is 4.79 Å². The van der Waals surface area contributed by atoms with Gasteiger partial charge < -0.3 is 14.8 Å². The lowest BCUT2D eigenvalue weighted by Crippen LogP contribution is -2.29. The predicted octanol–water partition coefficient (Wildman–Crippen LogP) is 2.72. The van der Waals surface area contributed by atoms with E-state index in [1.807, 2.05) is 6.07 Å². The summed E-state index contributed by atoms with van der Waals surface area (Å²) >= 11 is 0. The fourth-order valence-electron chi connectivity index (χ4n) is 1.63. The molecular weight excluding hydrogens is 268 g/mol. The number of unbranched alkanes of at least 4 members (excludes halogenated alkanes) is 1. The third-order valence-electron chi connectivity index (χ3n) is 2.91. The first kappa shape index (κ1) is 17.2. The summed E-state index contributed by atoms with van der Waals surface area (Å²) in [6.45, 7) is 5.35. The van der Waals surface area contributed by atoms with Crippen LogP contribution in [-0.2, 0) is 14.3 Å². The topological polar surface area (TPSA) is 71.3 Å². The normalized spacial score (nSPS) is 11.7. The van der Waals surface area contributed by atoms with Crippen molar-refractivity contribution in [3.63, 3.8) is 0 Å². The van der Waals surface area contributed by atoms with Crippen LogP contribution in [0.25, 0.3) is 0 Å². The molecule has 1 atom stereocenters. The molecule has 0 aliphatic rings. The second-order valence-electron chi connectivity index (χ2n) is 4.63. The second-order valence-corrected chi connectivity index (χ2v) is 4.63. The number of anilines is 1. The van der Waals surface area contributed by atoms with Crippen molar-refractivity contribution < 1.29 is 14.3 Å². The number of amides is 1. The van der Waals surface area contributed by atoms with E-state index in [4.69, 9.17) is 14.7 Å². The van der Waals surface area contributed by atoms with Gasteiger partial charge in [0, 0.05) is 6.61 Å². The first-order valence-electron chi connectivity index (χ1n) is 7.18. The molecule has 0 heterocycles. The van der Waals surface area contributed by atoms with E-state index in [1.54, 1.807) is 31.2 Å². The van der Waals surface area contributed by atoms with E-state index in [1.165, 1.54) is 0 Å². The van der Waals surface area contributed by atoms with Gasteiger partial charge >= 0.3 is 0 Å². The van der Waals surface area contributed by atoms with Gasteiger partial charge in [0.15, 0.2) is 0 Å². The standard InChI is InChI=1S/C16H22N2O3/c1-3-4-9-20-10-11-21-13(2)16(19)18-15-8-6-5-7-14(15)12-17/h5-8,13H,3-4,9-11H2,1-2H3,(H,18,19). The van der Waals surface area contributed by atoms with Crippen LogP contribution in [0.2, 0.25) is 0 Å². The van der Waals surface area contributed by atoms with Crippen molar-refractivity contribution >= 4 is 11.6 Å². The predicted molar refractivity (Wildman–Crippen MR) is 80.9 cm³/mol. The van der Waals surface area contributed by atoms with Crippen LogP contribution >= 0.6 is 0 Å². The van der Waals surface area contributed by atoms with E-state index in [9.17, 15) is 4.79 Å². The van der Waals surface area contributed by atoms with E-state index in [0.29, 0.717) is 24.5 Å². The van der Waals surface area contributed by atoms with Gasteiger partial charge in [-0.25, -0.2) is 0 Å². The van der Waals surface area contributed by atoms with Crippen molar-refractivity contribution in [1.29, 1.82) is 5.26 Å². The third kappa shape index (κ3) is 6.39. The Morgan fingerprint density at radius 2 is 2.10 bits per heavy atom. The number of carbonyl (C=O) groups is 1. The van der Waals surface area contributed by atoms with Crippen LogP contribution in [0.3, 0.4) is 0 Å². The van der Waals surface area contributed by atoms with E-state index in [-0.39, 0.29) is 5.91 Å². The van der Waals surface area contributed by atoms with Crippen molar-refractivity contribution in [3.05, 3.63) is 29.8 Å². The van der Waals surface area contributed by atoms with E-state index >= 15 is 0 Å². The lowest BCUT2D eigenvalue weighted by Gasteiger charge is -2.14. The number of benzene rings is 1. The minimum Gasteiger partial charge on any atom is -0.379 e. The first-order valence-corrected chi connectivity index (χ1v) is 7.18. The zero-order valence-corrected chi connectivity index (χ0v) is 12.6. The van der Waals surface area contributed by atoms with Crippen molar-refractivity contribution in [1.82, 2.24) is 0 Å². The molecule has 0 fully saturated rings. The van der Waals surface area contributed by atoms with Crippen LogP contribution in [0.5, 0.6) is 0 Å². The largest absolute Gasteiger partial charge is 0.379 e. The quantitative estimate of drug-likeness (QED) is 0.710. The number of ether oxygens (including phenoxy) is 2. The molecule has 1 N–H and O–H groups in total. The van der Waals surface area contributed by atoms with Crippen LogP contribution in [0.4, 0.5) is 5.69 Å². The summed E-state index contributed by atoms with van der Waals surface area (Å²) in [6.07, 6.45) is 1.53. The average molecular weight is 290 g/mol. The van der Waals surface area contributed by atoms with E-state index in [2.05, 4.69) is 12.2 Å². The molecule has 0 aliphatic heterocycles. The minimum atomic E-state index is -0.591. The molecule has 1 unspecified atom stereocenters. The van der Waals surface area contributed by atoms with Crippen molar-refractivity contribution in [2.45, 2.75) is 32.8 Å². The Labute approximate surface area is 125 Å². The van der Waals surface area contributed by atoms with Crippen LogP contribution in [0.1, 0.15) is 32.3 Å². The molecule has 1 amide bonds. The molecule has 5 nitrogen and oxygen atoms in total. The van der Waals surface area contributed by atoms with Gasteiger partial charge in [0.1, 0.15) is 12.2 Å². The number of carbonyl (C=O) groups excluding carboxylic acids is 1. The van der Waals surface area contributed by atoms with Gasteiger partial charge in [-0.05, 0) is 25.5 Å². The van der Waals surface area contributed by atoms with Gasteiger partial charge in [-0.15, -0.1) is 0 Å². The Bertz CT molecular complexity index is 483. The molecule has 0 aromatic heterocycles. The number of nitriles is 1. The lowest BCUT2D eigenvalue weighted by atomic mass is 10.2. The maximum atomic E-state index is 12.0. The number of hydrogen-bond acceptors (Lipinski definition) is 4. The number of nitrogens with zero attached hydrogens (tertiary/aromatic N) is 1. The van der Waals surface area contributed by atoms with Gasteiger partial charge in [-0.2, -0.15) is 5.26 Å². The highest BCUT2D eigenvalue weighted by molar-refractivity contribution is 5.95. The summed E-state index contributed by atoms with van der Waals surface area (Å²) in [6, 6.07) is 8.90. The molecule has 1 rings (SSSR count). The molecule has 0 saturated heterocycles. The molecular formula is C16H22N2O3. The molecule has 114 valence electrons. The summed E-state index contributed by atoms with van der Waals surface area (Å²) in [5.41, 5.74) is 0.931. The molecule has 1 aromatic rings. The summed E-state index contributed by atoms with van der Waals surface area (Å²) in [5.74, 6) is -0.272. The van der Waals surface area contributed by atoms with Crippen molar-refractivity contribution in [3.8, 4) is 6.07 Å². The van der Waals surface area contributed by atoms with Gasteiger partial charge in [0.25, 0.3) is 5.91 Å². The molecule has 0 saturated carbocycles. The summed E-state index contributed by atoms with van der Waals surface area (Å²) in [7, 11) is 0. The number of nitrogens with one attached hydrogen (secondary N) is 1. The van der Waals surface area contributed by atoms with E-state index < -0.39 is 6.10 Å². The Morgan fingerprint density at radius 3 is 2.81 bits per heavy atom. The highest BCUT2D eigenvalue weighted by Gasteiger charge is 2.14. The molecule has 0 spiro atoms. The Hall–Kier alpha value is -1.90. The minimum absolute atomic E-state index is 0.272. The smallest absolute Gasteiger partial charge is 0.253 e. The van der Waals surface area contributed by atoms with Crippen LogP contribution < -0.4 is 5.32 Å². The van der Waals surface area contributed by atoms with Gasteiger partial charge in [0.2, 0.25) is 0 Å². The molecule has 0 bridgehead atoms. The van der Waals surface area contributed by atoms with E-state index in [0.717, 1.165) is 19.4 Å². The maximum absolute atomic E-state index is 12.0. The van der Waals surface area contributed by atoms with Gasteiger partial charge in [0.05, 0.1) is 24.5 Å². The van der Waals surface area contributed by atoms with Crippen LogP contribution in [-0.4, -0.2) is 31.8 Å². The van der Waals surface area contributed by atoms with Crippen LogP contribution in [0.15, 0.2) is 24.3 Å². The fraction of sp³-hybridized carbons (Fsp3) is 0.500. The molecule has 0 aliphatic carbocycles. The van der Waals surface area contributed by atoms with Crippen LogP contribution in [0, 0.1) is 11.3 Å². The highest BCUT2D eigenvalue weighted by atomic mass is 16.5. The Morgan fingerprint density at radius 1 is 1.33 bits per heavy atom. The summed E-state index contributed by atoms with van der Waals surface area (Å²) in [5, 5.41) is 11.7. The first-order chi connectivity index (χ1) is 10.2. The second kappa shape index (κ2) is 9.92. The molecule has 21 heavy (non-hydrogen) atoms. The number of rotatable bonds is 9. The summed E-state index contributed by atoms with van der Waals surface area (Å²) in [4.78, 5) is 12.0. The maximum Gasteiger partial charge on any atom is 0.253 e. The molecule has 1 aromatic carbocycles. The Balaban J connectivity index is 2.33. The highest BCUT2D eigenvalue weighted by Crippen LogP contribution is 2.14.